The number of likely N-dealkylation sites (tertiary alicyclic amines) is 1. The van der Waals surface area contributed by atoms with E-state index in [0.717, 1.165) is 5.56 Å². The van der Waals surface area contributed by atoms with Gasteiger partial charge in [0.05, 0.1) is 0 Å². The number of carbonyl (C=O) groups excluding carboxylic acids is 1. The van der Waals surface area contributed by atoms with Crippen LogP contribution >= 0.6 is 0 Å². The predicted molar refractivity (Wildman–Crippen MR) is 87.2 cm³/mol. The average molecular weight is 319 g/mol. The number of benzene rings is 1. The zero-order valence-corrected chi connectivity index (χ0v) is 14.0. The molecule has 0 unspecified atom stereocenters. The molecule has 1 saturated heterocycles. The Labute approximate surface area is 137 Å². The van der Waals surface area contributed by atoms with E-state index < -0.39 is 23.1 Å². The van der Waals surface area contributed by atoms with Gasteiger partial charge in [0.15, 0.2) is 0 Å². The number of rotatable bonds is 5. The van der Waals surface area contributed by atoms with E-state index in [4.69, 9.17) is 4.74 Å². The van der Waals surface area contributed by atoms with E-state index in [1.54, 1.807) is 25.7 Å². The number of carboxylic acid groups (broad SMARTS) is 1. The van der Waals surface area contributed by atoms with E-state index >= 15 is 0 Å². The van der Waals surface area contributed by atoms with Crippen molar-refractivity contribution in [1.82, 2.24) is 4.90 Å². The standard InChI is InChI=1S/C18H25NO4/c1-17(2,3)23-16(22)18(15(20)21)11-7-12-19(18)13-10-14-8-5-4-6-9-14/h4-6,8-9H,7,10-13H2,1-3H3,(H,20,21)/t18-/m1/s1. The van der Waals surface area contributed by atoms with Crippen LogP contribution in [0.4, 0.5) is 0 Å². The van der Waals surface area contributed by atoms with Crippen LogP contribution in [0.15, 0.2) is 30.3 Å². The van der Waals surface area contributed by atoms with Gasteiger partial charge in [-0.2, -0.15) is 0 Å². The maximum Gasteiger partial charge on any atom is 0.338 e. The number of carbonyl (C=O) groups is 2. The van der Waals surface area contributed by atoms with E-state index in [2.05, 4.69) is 0 Å². The van der Waals surface area contributed by atoms with Crippen molar-refractivity contribution in [3.8, 4) is 0 Å². The molecule has 1 fully saturated rings. The van der Waals surface area contributed by atoms with Crippen molar-refractivity contribution >= 4 is 11.9 Å². The highest BCUT2D eigenvalue weighted by Gasteiger charge is 2.55. The van der Waals surface area contributed by atoms with Crippen LogP contribution in [0.3, 0.4) is 0 Å². The quantitative estimate of drug-likeness (QED) is 0.667. The molecule has 0 bridgehead atoms. The second-order valence-corrected chi connectivity index (χ2v) is 6.99. The molecule has 23 heavy (non-hydrogen) atoms. The summed E-state index contributed by atoms with van der Waals surface area (Å²) in [4.78, 5) is 26.3. The van der Waals surface area contributed by atoms with E-state index in [9.17, 15) is 14.7 Å². The number of ether oxygens (including phenoxy) is 1. The Balaban J connectivity index is 2.16. The SMILES string of the molecule is CC(C)(C)OC(=O)[C@]1(C(=O)O)CCCN1CCc1ccccc1. The van der Waals surface area contributed by atoms with Crippen molar-refractivity contribution in [3.63, 3.8) is 0 Å². The number of esters is 1. The van der Waals surface area contributed by atoms with E-state index in [0.29, 0.717) is 32.4 Å². The Morgan fingerprint density at radius 3 is 2.48 bits per heavy atom. The van der Waals surface area contributed by atoms with Gasteiger partial charge in [0.25, 0.3) is 0 Å². The first-order valence-electron chi connectivity index (χ1n) is 8.01. The van der Waals surface area contributed by atoms with Gasteiger partial charge in [0.1, 0.15) is 5.60 Å². The first kappa shape index (κ1) is 17.5. The van der Waals surface area contributed by atoms with E-state index in [1.807, 2.05) is 30.3 Å². The maximum absolute atomic E-state index is 12.6. The fourth-order valence-corrected chi connectivity index (χ4v) is 3.01. The van der Waals surface area contributed by atoms with Crippen LogP contribution < -0.4 is 0 Å². The molecular weight excluding hydrogens is 294 g/mol. The second kappa shape index (κ2) is 6.71. The summed E-state index contributed by atoms with van der Waals surface area (Å²) >= 11 is 0. The molecule has 1 aromatic carbocycles. The summed E-state index contributed by atoms with van der Waals surface area (Å²) in [5, 5.41) is 9.76. The molecule has 2 rings (SSSR count). The number of carboxylic acids is 1. The molecule has 1 N–H and O–H groups in total. The summed E-state index contributed by atoms with van der Waals surface area (Å²) < 4.78 is 5.41. The van der Waals surface area contributed by atoms with Crippen molar-refractivity contribution in [1.29, 1.82) is 0 Å². The van der Waals surface area contributed by atoms with Gasteiger partial charge >= 0.3 is 11.9 Å². The first-order valence-corrected chi connectivity index (χ1v) is 8.01. The lowest BCUT2D eigenvalue weighted by Gasteiger charge is -2.34. The van der Waals surface area contributed by atoms with Crippen LogP contribution in [0.1, 0.15) is 39.2 Å². The summed E-state index contributed by atoms with van der Waals surface area (Å²) in [6, 6.07) is 9.87. The number of hydrogen-bond donors (Lipinski definition) is 1. The zero-order chi connectivity index (χ0) is 17.1. The molecule has 1 atom stereocenters. The van der Waals surface area contributed by atoms with Crippen molar-refractivity contribution in [2.24, 2.45) is 0 Å². The summed E-state index contributed by atoms with van der Waals surface area (Å²) in [7, 11) is 0. The lowest BCUT2D eigenvalue weighted by Crippen LogP contribution is -2.58. The summed E-state index contributed by atoms with van der Waals surface area (Å²) in [5.74, 6) is -1.76. The second-order valence-electron chi connectivity index (χ2n) is 6.99. The normalized spacial score (nSPS) is 22.0. The molecule has 0 radical (unpaired) electrons. The van der Waals surface area contributed by atoms with Crippen molar-refractivity contribution in [3.05, 3.63) is 35.9 Å². The third kappa shape index (κ3) is 3.91. The zero-order valence-electron chi connectivity index (χ0n) is 14.0. The van der Waals surface area contributed by atoms with Crippen molar-refractivity contribution in [2.75, 3.05) is 13.1 Å². The predicted octanol–water partition coefficient (Wildman–Crippen LogP) is 2.49. The van der Waals surface area contributed by atoms with Crippen LogP contribution in [0.5, 0.6) is 0 Å². The third-order valence-electron chi connectivity index (χ3n) is 4.11. The molecule has 1 heterocycles. The molecule has 0 aromatic heterocycles. The van der Waals surface area contributed by atoms with Gasteiger partial charge in [-0.05, 0) is 52.1 Å². The third-order valence-corrected chi connectivity index (χ3v) is 4.11. The Morgan fingerprint density at radius 2 is 1.91 bits per heavy atom. The van der Waals surface area contributed by atoms with Gasteiger partial charge in [0.2, 0.25) is 5.54 Å². The highest BCUT2D eigenvalue weighted by molar-refractivity contribution is 6.04. The highest BCUT2D eigenvalue weighted by atomic mass is 16.6. The van der Waals surface area contributed by atoms with Crippen LogP contribution in [-0.2, 0) is 20.7 Å². The van der Waals surface area contributed by atoms with Crippen molar-refractivity contribution in [2.45, 2.75) is 51.2 Å². The number of hydrogen-bond acceptors (Lipinski definition) is 4. The van der Waals surface area contributed by atoms with Crippen LogP contribution in [0.25, 0.3) is 0 Å². The van der Waals surface area contributed by atoms with Gasteiger partial charge in [-0.3, -0.25) is 4.90 Å². The molecule has 1 aromatic rings. The Hall–Kier alpha value is -1.88. The lowest BCUT2D eigenvalue weighted by atomic mass is 9.95. The molecule has 0 amide bonds. The molecule has 0 saturated carbocycles. The smallest absolute Gasteiger partial charge is 0.338 e. The summed E-state index contributed by atoms with van der Waals surface area (Å²) in [6.45, 7) is 6.38. The molecule has 5 heteroatoms. The van der Waals surface area contributed by atoms with E-state index in [1.165, 1.54) is 0 Å². The molecule has 0 aliphatic carbocycles. The fraction of sp³-hybridized carbons (Fsp3) is 0.556. The largest absolute Gasteiger partial charge is 0.479 e. The average Bonchev–Trinajstić information content (AvgIpc) is 2.89. The van der Waals surface area contributed by atoms with Crippen LogP contribution in [0.2, 0.25) is 0 Å². The Kier molecular flexibility index (Phi) is 5.09. The maximum atomic E-state index is 12.6. The Bertz CT molecular complexity index is 564. The molecule has 126 valence electrons. The minimum absolute atomic E-state index is 0.298. The number of aliphatic carboxylic acids is 1. The fourth-order valence-electron chi connectivity index (χ4n) is 3.01. The van der Waals surface area contributed by atoms with Gasteiger partial charge in [-0.1, -0.05) is 30.3 Å². The van der Waals surface area contributed by atoms with Gasteiger partial charge < -0.3 is 9.84 Å². The molecule has 1 aliphatic heterocycles. The Morgan fingerprint density at radius 1 is 1.26 bits per heavy atom. The van der Waals surface area contributed by atoms with Gasteiger partial charge in [-0.15, -0.1) is 0 Å². The molecular formula is C18H25NO4. The molecule has 1 aliphatic rings. The first-order chi connectivity index (χ1) is 10.8. The van der Waals surface area contributed by atoms with E-state index in [-0.39, 0.29) is 0 Å². The topological polar surface area (TPSA) is 66.8 Å². The molecule has 5 nitrogen and oxygen atoms in total. The molecule has 0 spiro atoms. The van der Waals surface area contributed by atoms with Crippen LogP contribution in [0, 0.1) is 0 Å². The van der Waals surface area contributed by atoms with Gasteiger partial charge in [0, 0.05) is 6.54 Å². The van der Waals surface area contributed by atoms with Crippen molar-refractivity contribution < 1.29 is 19.4 Å². The lowest BCUT2D eigenvalue weighted by molar-refractivity contribution is -0.177. The highest BCUT2D eigenvalue weighted by Crippen LogP contribution is 2.32. The summed E-state index contributed by atoms with van der Waals surface area (Å²) in [6.07, 6.45) is 1.69. The summed E-state index contributed by atoms with van der Waals surface area (Å²) in [5.41, 5.74) is -1.13. The monoisotopic (exact) mass is 319 g/mol. The van der Waals surface area contributed by atoms with Gasteiger partial charge in [-0.25, -0.2) is 9.59 Å². The minimum Gasteiger partial charge on any atom is -0.479 e. The van der Waals surface area contributed by atoms with Crippen LogP contribution in [-0.4, -0.2) is 46.2 Å². The number of nitrogens with zero attached hydrogens (tertiary/aromatic N) is 1. The minimum atomic E-state index is -1.55.